The summed E-state index contributed by atoms with van der Waals surface area (Å²) >= 11 is 6.12. The molecule has 3 N–H and O–H groups in total. The van der Waals surface area contributed by atoms with E-state index in [4.69, 9.17) is 16.3 Å². The molecule has 0 heterocycles. The molecule has 7 heteroatoms. The fraction of sp³-hybridized carbons (Fsp3) is 0.381. The van der Waals surface area contributed by atoms with Crippen molar-refractivity contribution in [3.05, 3.63) is 52.5 Å². The maximum Gasteiger partial charge on any atom is 0.346 e. The minimum Gasteiger partial charge on any atom is -0.503 e. The van der Waals surface area contributed by atoms with E-state index < -0.39 is 12.2 Å². The second kappa shape index (κ2) is 9.05. The monoisotopic (exact) mass is 403 g/mol. The largest absolute Gasteiger partial charge is 0.503 e. The molecule has 1 aliphatic rings. The normalized spacial score (nSPS) is 15.4. The summed E-state index contributed by atoms with van der Waals surface area (Å²) in [5, 5.41) is 23.7. The molecule has 28 heavy (non-hydrogen) atoms. The Kier molecular flexibility index (Phi) is 6.50. The van der Waals surface area contributed by atoms with Crippen LogP contribution in [-0.4, -0.2) is 29.4 Å². The molecule has 0 spiro atoms. The Balaban J connectivity index is 1.73. The average molecular weight is 404 g/mol. The van der Waals surface area contributed by atoms with Crippen LogP contribution in [0.4, 0.5) is 5.69 Å². The van der Waals surface area contributed by atoms with E-state index in [2.05, 4.69) is 22.2 Å². The number of methoxy groups -OCH3 is 1. The van der Waals surface area contributed by atoms with E-state index >= 15 is 0 Å². The molecule has 0 radical (unpaired) electrons. The number of phenols is 1. The molecule has 1 saturated carbocycles. The summed E-state index contributed by atoms with van der Waals surface area (Å²) in [6, 6.07) is 11.5. The predicted octanol–water partition coefficient (Wildman–Crippen LogP) is 4.25. The first kappa shape index (κ1) is 20.1. The summed E-state index contributed by atoms with van der Waals surface area (Å²) < 4.78 is 10.5. The van der Waals surface area contributed by atoms with Crippen LogP contribution >= 0.6 is 11.6 Å². The molecule has 1 unspecified atom stereocenters. The highest BCUT2D eigenvalue weighted by molar-refractivity contribution is 6.32. The topological polar surface area (TPSA) is 88.0 Å². The number of nitrogens with one attached hydrogen (secondary N) is 1. The molecular formula is C21H22ClNO5. The number of rotatable bonds is 6. The maximum atomic E-state index is 11.4. The number of aliphatic hydroxyl groups excluding tert-OH is 1. The number of aliphatic hydroxyl groups is 1. The second-order valence-electron chi connectivity index (χ2n) is 6.68. The van der Waals surface area contributed by atoms with E-state index in [9.17, 15) is 15.0 Å². The van der Waals surface area contributed by atoms with Crippen molar-refractivity contribution in [3.63, 3.8) is 0 Å². The number of carbonyl (C=O) groups is 1. The van der Waals surface area contributed by atoms with Crippen molar-refractivity contribution in [1.29, 1.82) is 0 Å². The minimum atomic E-state index is -1.12. The van der Waals surface area contributed by atoms with E-state index in [0.717, 1.165) is 25.7 Å². The fourth-order valence-electron chi connectivity index (χ4n) is 3.13. The van der Waals surface area contributed by atoms with Gasteiger partial charge in [0.2, 0.25) is 0 Å². The SMILES string of the molecule is COC(=O)c1c#cc(NC(O)c2cc(Cl)c(O)c(OC3CCCCC3)c2)cc1. The van der Waals surface area contributed by atoms with Crippen LogP contribution in [-0.2, 0) is 4.74 Å². The number of ether oxygens (including phenoxy) is 2. The molecule has 2 aromatic carbocycles. The second-order valence-corrected chi connectivity index (χ2v) is 7.08. The van der Waals surface area contributed by atoms with Crippen LogP contribution in [0.5, 0.6) is 11.5 Å². The first-order valence-electron chi connectivity index (χ1n) is 9.14. The van der Waals surface area contributed by atoms with Gasteiger partial charge in [0.15, 0.2) is 17.7 Å². The van der Waals surface area contributed by atoms with Gasteiger partial charge in [-0.2, -0.15) is 0 Å². The lowest BCUT2D eigenvalue weighted by atomic mass is 9.98. The molecule has 148 valence electrons. The number of carbonyl (C=O) groups excluding carboxylic acids is 1. The summed E-state index contributed by atoms with van der Waals surface area (Å²) in [5.41, 5.74) is 1.09. The third kappa shape index (κ3) is 4.80. The average Bonchev–Trinajstić information content (AvgIpc) is 2.72. The Morgan fingerprint density at radius 2 is 2.00 bits per heavy atom. The molecule has 1 aliphatic carbocycles. The summed E-state index contributed by atoms with van der Waals surface area (Å²) in [6.07, 6.45) is 4.15. The van der Waals surface area contributed by atoms with Gasteiger partial charge in [-0.3, -0.25) is 0 Å². The molecule has 1 fully saturated rings. The Morgan fingerprint density at radius 3 is 2.64 bits per heavy atom. The summed E-state index contributed by atoms with van der Waals surface area (Å²) in [6.45, 7) is 0. The van der Waals surface area contributed by atoms with Gasteiger partial charge in [-0.1, -0.05) is 24.1 Å². The Bertz CT molecular complexity index is 818. The lowest BCUT2D eigenvalue weighted by molar-refractivity contribution is 0.0600. The van der Waals surface area contributed by atoms with E-state index in [-0.39, 0.29) is 28.2 Å². The van der Waals surface area contributed by atoms with Crippen molar-refractivity contribution in [2.24, 2.45) is 0 Å². The number of halogens is 1. The van der Waals surface area contributed by atoms with Crippen LogP contribution in [0, 0.1) is 12.1 Å². The fourth-order valence-corrected chi connectivity index (χ4v) is 3.35. The lowest BCUT2D eigenvalue weighted by Crippen LogP contribution is -2.20. The number of benzene rings is 1. The van der Waals surface area contributed by atoms with Crippen molar-refractivity contribution in [3.8, 4) is 11.5 Å². The van der Waals surface area contributed by atoms with Crippen LogP contribution < -0.4 is 10.1 Å². The van der Waals surface area contributed by atoms with Crippen LogP contribution in [0.2, 0.25) is 5.02 Å². The van der Waals surface area contributed by atoms with Crippen LogP contribution in [0.3, 0.4) is 0 Å². The zero-order valence-corrected chi connectivity index (χ0v) is 16.3. The van der Waals surface area contributed by atoms with E-state index in [1.165, 1.54) is 25.7 Å². The molecule has 1 atom stereocenters. The molecule has 0 amide bonds. The van der Waals surface area contributed by atoms with Gasteiger partial charge in [-0.15, -0.1) is 0 Å². The highest BCUT2D eigenvalue weighted by Gasteiger charge is 2.20. The van der Waals surface area contributed by atoms with Gasteiger partial charge in [0.1, 0.15) is 5.56 Å². The van der Waals surface area contributed by atoms with Gasteiger partial charge in [0.05, 0.1) is 23.9 Å². The molecule has 0 saturated heterocycles. The van der Waals surface area contributed by atoms with Gasteiger partial charge in [0, 0.05) is 5.56 Å². The van der Waals surface area contributed by atoms with E-state index in [1.807, 2.05) is 0 Å². The molecule has 0 aromatic heterocycles. The number of aromatic hydroxyl groups is 1. The van der Waals surface area contributed by atoms with Crippen LogP contribution in [0.25, 0.3) is 0 Å². The van der Waals surface area contributed by atoms with Gasteiger partial charge >= 0.3 is 5.97 Å². The Morgan fingerprint density at radius 1 is 1.25 bits per heavy atom. The number of phenolic OH excluding ortho intramolecular Hbond substituents is 1. The Hall–Kier alpha value is -2.62. The molecule has 2 aromatic rings. The minimum absolute atomic E-state index is 0.0323. The summed E-state index contributed by atoms with van der Waals surface area (Å²) in [4.78, 5) is 11.4. The third-order valence-electron chi connectivity index (χ3n) is 4.66. The van der Waals surface area contributed by atoms with Crippen molar-refractivity contribution >= 4 is 23.3 Å². The third-order valence-corrected chi connectivity index (χ3v) is 4.95. The quantitative estimate of drug-likeness (QED) is 0.493. The summed E-state index contributed by atoms with van der Waals surface area (Å²) in [5.74, 6) is -0.393. The van der Waals surface area contributed by atoms with E-state index in [1.54, 1.807) is 12.1 Å². The zero-order chi connectivity index (χ0) is 20.1. The highest BCUT2D eigenvalue weighted by Crippen LogP contribution is 2.38. The van der Waals surface area contributed by atoms with Crippen molar-refractivity contribution in [2.45, 2.75) is 44.4 Å². The number of hydrogen-bond donors (Lipinski definition) is 3. The molecule has 0 aliphatic heterocycles. The van der Waals surface area contributed by atoms with Crippen molar-refractivity contribution in [1.82, 2.24) is 0 Å². The molecule has 6 nitrogen and oxygen atoms in total. The molecular weight excluding hydrogens is 382 g/mol. The Labute approximate surface area is 169 Å². The highest BCUT2D eigenvalue weighted by atomic mass is 35.5. The first-order chi connectivity index (χ1) is 13.5. The number of anilines is 1. The van der Waals surface area contributed by atoms with E-state index in [0.29, 0.717) is 11.3 Å². The molecule has 0 bridgehead atoms. The number of esters is 1. The standard InChI is InChI=1S/C21H22ClNO5/c1-27-21(26)13-7-9-15(10-8-13)23-20(25)14-11-17(22)19(24)18(12-14)28-16-5-3-2-4-6-16/h7,9,11-12,16,20,23-25H,2-6H2,1H3. The van der Waals surface area contributed by atoms with Gasteiger partial charge < -0.3 is 25.0 Å². The van der Waals surface area contributed by atoms with Gasteiger partial charge in [-0.25, -0.2) is 4.79 Å². The van der Waals surface area contributed by atoms with Gasteiger partial charge in [-0.05, 0) is 56.0 Å². The van der Waals surface area contributed by atoms with Crippen molar-refractivity contribution in [2.75, 3.05) is 12.4 Å². The number of hydrogen-bond acceptors (Lipinski definition) is 6. The first-order valence-corrected chi connectivity index (χ1v) is 9.51. The smallest absolute Gasteiger partial charge is 0.346 e. The van der Waals surface area contributed by atoms with Crippen molar-refractivity contribution < 1.29 is 24.5 Å². The predicted molar refractivity (Wildman–Crippen MR) is 105 cm³/mol. The van der Waals surface area contributed by atoms with Crippen LogP contribution in [0.1, 0.15) is 54.3 Å². The maximum absolute atomic E-state index is 11.4. The van der Waals surface area contributed by atoms with Gasteiger partial charge in [0.25, 0.3) is 0 Å². The van der Waals surface area contributed by atoms with Crippen LogP contribution in [0.15, 0.2) is 24.3 Å². The lowest BCUT2D eigenvalue weighted by Gasteiger charge is -2.24. The zero-order valence-electron chi connectivity index (χ0n) is 15.5. The molecule has 3 rings (SSSR count). The summed E-state index contributed by atoms with van der Waals surface area (Å²) in [7, 11) is 1.29.